The molecule has 0 radical (unpaired) electrons. The van der Waals surface area contributed by atoms with Crippen LogP contribution in [0.3, 0.4) is 0 Å². The smallest absolute Gasteiger partial charge is 0.223 e. The standard InChI is InChI=1S/C13H22N2O2/c16-13(8-10-4-5-14-9-10)15-6-7-17-12-3-1-2-11(12)15/h10-12,14H,1-9H2. The second-order valence-electron chi connectivity index (χ2n) is 5.56. The number of fused-ring (bicyclic) bond motifs is 1. The van der Waals surface area contributed by atoms with Gasteiger partial charge in [-0.1, -0.05) is 0 Å². The Balaban J connectivity index is 1.59. The first-order chi connectivity index (χ1) is 8.34. The molecule has 17 heavy (non-hydrogen) atoms. The van der Waals surface area contributed by atoms with Crippen LogP contribution in [-0.4, -0.2) is 49.2 Å². The van der Waals surface area contributed by atoms with Crippen molar-refractivity contribution in [2.24, 2.45) is 5.92 Å². The summed E-state index contributed by atoms with van der Waals surface area (Å²) in [6.45, 7) is 3.63. The van der Waals surface area contributed by atoms with Crippen LogP contribution in [0, 0.1) is 5.92 Å². The van der Waals surface area contributed by atoms with Gasteiger partial charge in [0.1, 0.15) is 0 Å². The van der Waals surface area contributed by atoms with Crippen LogP contribution in [0.15, 0.2) is 0 Å². The lowest BCUT2D eigenvalue weighted by molar-refractivity contribution is -0.144. The van der Waals surface area contributed by atoms with Gasteiger partial charge in [-0.05, 0) is 44.7 Å². The van der Waals surface area contributed by atoms with E-state index < -0.39 is 0 Å². The fourth-order valence-electron chi connectivity index (χ4n) is 3.49. The number of ether oxygens (including phenoxy) is 1. The molecule has 4 heteroatoms. The Labute approximate surface area is 103 Å². The lowest BCUT2D eigenvalue weighted by Crippen LogP contribution is -2.51. The normalized spacial score (nSPS) is 37.2. The van der Waals surface area contributed by atoms with Crippen molar-refractivity contribution >= 4 is 5.91 Å². The van der Waals surface area contributed by atoms with Crippen LogP contribution in [0.1, 0.15) is 32.1 Å². The highest BCUT2D eigenvalue weighted by Crippen LogP contribution is 2.30. The molecule has 0 aromatic rings. The number of hydrogen-bond acceptors (Lipinski definition) is 3. The zero-order chi connectivity index (χ0) is 11.7. The minimum Gasteiger partial charge on any atom is -0.374 e. The van der Waals surface area contributed by atoms with E-state index in [1.165, 1.54) is 6.42 Å². The molecule has 0 spiro atoms. The van der Waals surface area contributed by atoms with Gasteiger partial charge >= 0.3 is 0 Å². The Hall–Kier alpha value is -0.610. The molecule has 3 atom stereocenters. The molecule has 1 aliphatic carbocycles. The van der Waals surface area contributed by atoms with Crippen LogP contribution >= 0.6 is 0 Å². The first-order valence-electron chi connectivity index (χ1n) is 6.96. The predicted octanol–water partition coefficient (Wildman–Crippen LogP) is 0.766. The largest absolute Gasteiger partial charge is 0.374 e. The number of morpholine rings is 1. The van der Waals surface area contributed by atoms with E-state index in [4.69, 9.17) is 4.74 Å². The molecule has 2 heterocycles. The average molecular weight is 238 g/mol. The number of carbonyl (C=O) groups is 1. The average Bonchev–Trinajstić information content (AvgIpc) is 2.97. The fourth-order valence-corrected chi connectivity index (χ4v) is 3.49. The molecule has 1 saturated carbocycles. The molecule has 0 aromatic heterocycles. The maximum absolute atomic E-state index is 12.3. The molecular formula is C13H22N2O2. The number of amides is 1. The van der Waals surface area contributed by atoms with E-state index in [0.717, 1.165) is 51.9 Å². The van der Waals surface area contributed by atoms with Crippen molar-refractivity contribution in [2.75, 3.05) is 26.2 Å². The van der Waals surface area contributed by atoms with E-state index in [1.807, 2.05) is 0 Å². The van der Waals surface area contributed by atoms with Crippen molar-refractivity contribution in [3.63, 3.8) is 0 Å². The van der Waals surface area contributed by atoms with Gasteiger partial charge in [0.05, 0.1) is 18.8 Å². The van der Waals surface area contributed by atoms with Gasteiger partial charge in [0, 0.05) is 13.0 Å². The van der Waals surface area contributed by atoms with Gasteiger partial charge in [-0.25, -0.2) is 0 Å². The van der Waals surface area contributed by atoms with Crippen LogP contribution in [0.4, 0.5) is 0 Å². The first kappa shape index (κ1) is 11.5. The first-order valence-corrected chi connectivity index (χ1v) is 6.96. The molecule has 2 aliphatic heterocycles. The molecule has 3 unspecified atom stereocenters. The van der Waals surface area contributed by atoms with Gasteiger partial charge in [-0.3, -0.25) is 4.79 Å². The Morgan fingerprint density at radius 3 is 3.12 bits per heavy atom. The fraction of sp³-hybridized carbons (Fsp3) is 0.923. The zero-order valence-electron chi connectivity index (χ0n) is 10.4. The zero-order valence-corrected chi connectivity index (χ0v) is 10.4. The quantitative estimate of drug-likeness (QED) is 0.772. The van der Waals surface area contributed by atoms with Gasteiger partial charge < -0.3 is 15.0 Å². The van der Waals surface area contributed by atoms with Crippen LogP contribution in [0.2, 0.25) is 0 Å². The Bertz CT molecular complexity index is 289. The molecular weight excluding hydrogens is 216 g/mol. The number of carbonyl (C=O) groups excluding carboxylic acids is 1. The highest BCUT2D eigenvalue weighted by molar-refractivity contribution is 5.77. The second-order valence-corrected chi connectivity index (χ2v) is 5.56. The van der Waals surface area contributed by atoms with E-state index in [2.05, 4.69) is 10.2 Å². The lowest BCUT2D eigenvalue weighted by Gasteiger charge is -2.38. The van der Waals surface area contributed by atoms with Gasteiger partial charge in [0.2, 0.25) is 5.91 Å². The van der Waals surface area contributed by atoms with Gasteiger partial charge in [-0.15, -0.1) is 0 Å². The number of hydrogen-bond donors (Lipinski definition) is 1. The Morgan fingerprint density at radius 2 is 2.29 bits per heavy atom. The molecule has 1 amide bonds. The number of nitrogens with one attached hydrogen (secondary N) is 1. The summed E-state index contributed by atoms with van der Waals surface area (Å²) < 4.78 is 5.75. The monoisotopic (exact) mass is 238 g/mol. The Morgan fingerprint density at radius 1 is 1.35 bits per heavy atom. The third-order valence-corrected chi connectivity index (χ3v) is 4.43. The summed E-state index contributed by atoms with van der Waals surface area (Å²) in [6, 6.07) is 0.380. The Kier molecular flexibility index (Phi) is 3.34. The second kappa shape index (κ2) is 4.94. The molecule has 96 valence electrons. The predicted molar refractivity (Wildman–Crippen MR) is 64.7 cm³/mol. The van der Waals surface area contributed by atoms with Crippen molar-refractivity contribution in [1.29, 1.82) is 0 Å². The maximum atomic E-state index is 12.3. The van der Waals surface area contributed by atoms with E-state index in [1.54, 1.807) is 0 Å². The van der Waals surface area contributed by atoms with Crippen molar-refractivity contribution < 1.29 is 9.53 Å². The molecule has 0 aromatic carbocycles. The summed E-state index contributed by atoms with van der Waals surface area (Å²) >= 11 is 0. The maximum Gasteiger partial charge on any atom is 0.223 e. The summed E-state index contributed by atoms with van der Waals surface area (Å²) in [4.78, 5) is 14.4. The summed E-state index contributed by atoms with van der Waals surface area (Å²) in [5.74, 6) is 0.920. The topological polar surface area (TPSA) is 41.6 Å². The molecule has 0 bridgehead atoms. The number of rotatable bonds is 2. The van der Waals surface area contributed by atoms with Crippen LogP contribution in [0.5, 0.6) is 0 Å². The van der Waals surface area contributed by atoms with Gasteiger partial charge in [0.25, 0.3) is 0 Å². The SMILES string of the molecule is O=C(CC1CCNC1)N1CCOC2CCCC21. The molecule has 3 aliphatic rings. The molecule has 3 fully saturated rings. The van der Waals surface area contributed by atoms with E-state index in [-0.39, 0.29) is 0 Å². The van der Waals surface area contributed by atoms with Crippen molar-refractivity contribution in [3.05, 3.63) is 0 Å². The minimum atomic E-state index is 0.328. The lowest BCUT2D eigenvalue weighted by atomic mass is 10.0. The molecule has 2 saturated heterocycles. The molecule has 3 rings (SSSR count). The highest BCUT2D eigenvalue weighted by atomic mass is 16.5. The highest BCUT2D eigenvalue weighted by Gasteiger charge is 2.38. The van der Waals surface area contributed by atoms with Crippen molar-refractivity contribution in [3.8, 4) is 0 Å². The summed E-state index contributed by atoms with van der Waals surface area (Å²) in [6.07, 6.45) is 5.71. The summed E-state index contributed by atoms with van der Waals surface area (Å²) in [5.41, 5.74) is 0. The van der Waals surface area contributed by atoms with Gasteiger partial charge in [0.15, 0.2) is 0 Å². The molecule has 1 N–H and O–H groups in total. The third-order valence-electron chi connectivity index (χ3n) is 4.43. The third kappa shape index (κ3) is 2.33. The van der Waals surface area contributed by atoms with E-state index in [9.17, 15) is 4.79 Å². The van der Waals surface area contributed by atoms with Crippen LogP contribution in [-0.2, 0) is 9.53 Å². The van der Waals surface area contributed by atoms with Crippen molar-refractivity contribution in [2.45, 2.75) is 44.2 Å². The van der Waals surface area contributed by atoms with Crippen LogP contribution in [0.25, 0.3) is 0 Å². The van der Waals surface area contributed by atoms with E-state index >= 15 is 0 Å². The summed E-state index contributed by atoms with van der Waals surface area (Å²) in [7, 11) is 0. The summed E-state index contributed by atoms with van der Waals surface area (Å²) in [5, 5.41) is 3.33. The molecule has 4 nitrogen and oxygen atoms in total. The van der Waals surface area contributed by atoms with Crippen LogP contribution < -0.4 is 5.32 Å². The number of nitrogens with zero attached hydrogens (tertiary/aromatic N) is 1. The van der Waals surface area contributed by atoms with Crippen molar-refractivity contribution in [1.82, 2.24) is 10.2 Å². The van der Waals surface area contributed by atoms with E-state index in [0.29, 0.717) is 24.0 Å². The van der Waals surface area contributed by atoms with Gasteiger partial charge in [-0.2, -0.15) is 0 Å². The minimum absolute atomic E-state index is 0.328.